The third kappa shape index (κ3) is 4.25. The molecule has 0 unspecified atom stereocenters. The number of nitrogens with two attached hydrogens (primary N) is 1. The fraction of sp³-hybridized carbons (Fsp3) is 0.600. The Kier molecular flexibility index (Phi) is 4.88. The van der Waals surface area contributed by atoms with Crippen molar-refractivity contribution in [2.24, 2.45) is 5.73 Å². The van der Waals surface area contributed by atoms with E-state index in [1.807, 2.05) is 0 Å². The molecule has 0 bridgehead atoms. The Bertz CT molecular complexity index is 415. The minimum Gasteiger partial charge on any atom is -0.375 e. The summed E-state index contributed by atoms with van der Waals surface area (Å²) in [5, 5.41) is 0. The van der Waals surface area contributed by atoms with Gasteiger partial charge in [-0.1, -0.05) is 31.7 Å². The lowest BCUT2D eigenvalue weighted by Crippen LogP contribution is -2.43. The molecule has 4 heteroatoms. The highest BCUT2D eigenvalue weighted by Gasteiger charge is 2.26. The van der Waals surface area contributed by atoms with Crippen molar-refractivity contribution in [1.29, 1.82) is 0 Å². The van der Waals surface area contributed by atoms with E-state index in [4.69, 9.17) is 10.5 Å². The van der Waals surface area contributed by atoms with Gasteiger partial charge in [0.25, 0.3) is 0 Å². The zero-order valence-electron chi connectivity index (χ0n) is 11.1. The van der Waals surface area contributed by atoms with Crippen LogP contribution in [0, 0.1) is 11.6 Å². The van der Waals surface area contributed by atoms with Crippen LogP contribution in [0.2, 0.25) is 0 Å². The molecule has 2 rings (SSSR count). The monoisotopic (exact) mass is 269 g/mol. The normalized spacial score (nSPS) is 19.1. The van der Waals surface area contributed by atoms with E-state index in [0.29, 0.717) is 12.2 Å². The van der Waals surface area contributed by atoms with Crippen molar-refractivity contribution in [1.82, 2.24) is 0 Å². The fourth-order valence-corrected chi connectivity index (χ4v) is 2.58. The Morgan fingerprint density at radius 1 is 1.05 bits per heavy atom. The van der Waals surface area contributed by atoms with Crippen LogP contribution in [0.5, 0.6) is 0 Å². The van der Waals surface area contributed by atoms with Crippen LogP contribution >= 0.6 is 0 Å². The topological polar surface area (TPSA) is 35.2 Å². The lowest BCUT2D eigenvalue weighted by atomic mass is 9.92. The molecule has 0 saturated heterocycles. The van der Waals surface area contributed by atoms with Gasteiger partial charge in [-0.15, -0.1) is 0 Å². The molecule has 1 aromatic carbocycles. The quantitative estimate of drug-likeness (QED) is 0.849. The van der Waals surface area contributed by atoms with E-state index >= 15 is 0 Å². The van der Waals surface area contributed by atoms with Gasteiger partial charge in [0.2, 0.25) is 0 Å². The minimum atomic E-state index is -0.835. The second-order valence-corrected chi connectivity index (χ2v) is 5.52. The predicted molar refractivity (Wildman–Crippen MR) is 70.6 cm³/mol. The van der Waals surface area contributed by atoms with Gasteiger partial charge < -0.3 is 10.5 Å². The van der Waals surface area contributed by atoms with Crippen molar-refractivity contribution in [3.8, 4) is 0 Å². The van der Waals surface area contributed by atoms with Gasteiger partial charge in [-0.3, -0.25) is 0 Å². The predicted octanol–water partition coefficient (Wildman–Crippen LogP) is 3.53. The summed E-state index contributed by atoms with van der Waals surface area (Å²) >= 11 is 0. The van der Waals surface area contributed by atoms with Crippen LogP contribution in [0.25, 0.3) is 0 Å². The second kappa shape index (κ2) is 6.44. The SMILES string of the molecule is NC1(COCc2ccc(F)c(F)c2)CCCCCC1. The summed E-state index contributed by atoms with van der Waals surface area (Å²) in [6.07, 6.45) is 6.72. The number of hydrogen-bond acceptors (Lipinski definition) is 2. The van der Waals surface area contributed by atoms with E-state index in [-0.39, 0.29) is 12.1 Å². The second-order valence-electron chi connectivity index (χ2n) is 5.52. The van der Waals surface area contributed by atoms with E-state index in [2.05, 4.69) is 0 Å². The van der Waals surface area contributed by atoms with Gasteiger partial charge >= 0.3 is 0 Å². The first-order valence-corrected chi connectivity index (χ1v) is 6.90. The zero-order chi connectivity index (χ0) is 13.7. The Labute approximate surface area is 112 Å². The Hall–Kier alpha value is -1.00. The highest BCUT2D eigenvalue weighted by molar-refractivity contribution is 5.16. The van der Waals surface area contributed by atoms with Crippen molar-refractivity contribution in [2.45, 2.75) is 50.7 Å². The number of rotatable bonds is 4. The zero-order valence-corrected chi connectivity index (χ0v) is 11.1. The number of hydrogen-bond donors (Lipinski definition) is 1. The molecule has 1 aliphatic rings. The third-order valence-electron chi connectivity index (χ3n) is 3.74. The van der Waals surface area contributed by atoms with E-state index in [0.717, 1.165) is 31.7 Å². The molecule has 0 aromatic heterocycles. The molecule has 1 saturated carbocycles. The lowest BCUT2D eigenvalue weighted by Gasteiger charge is -2.27. The molecule has 1 fully saturated rings. The summed E-state index contributed by atoms with van der Waals surface area (Å²) in [6, 6.07) is 3.83. The molecule has 2 nitrogen and oxygen atoms in total. The van der Waals surface area contributed by atoms with Crippen molar-refractivity contribution in [3.05, 3.63) is 35.4 Å². The molecule has 0 amide bonds. The Morgan fingerprint density at radius 2 is 1.74 bits per heavy atom. The molecule has 0 radical (unpaired) electrons. The van der Waals surface area contributed by atoms with E-state index in [9.17, 15) is 8.78 Å². The molecule has 106 valence electrons. The molecule has 0 spiro atoms. The van der Waals surface area contributed by atoms with E-state index in [1.54, 1.807) is 0 Å². The van der Waals surface area contributed by atoms with Crippen LogP contribution in [0.15, 0.2) is 18.2 Å². The van der Waals surface area contributed by atoms with Crippen LogP contribution in [-0.4, -0.2) is 12.1 Å². The highest BCUT2D eigenvalue weighted by Crippen LogP contribution is 2.25. The molecule has 1 aliphatic carbocycles. The van der Waals surface area contributed by atoms with Gasteiger partial charge in [0.15, 0.2) is 11.6 Å². The summed E-state index contributed by atoms with van der Waals surface area (Å²) in [4.78, 5) is 0. The molecular formula is C15H21F2NO. The first kappa shape index (κ1) is 14.4. The number of benzene rings is 1. The fourth-order valence-electron chi connectivity index (χ4n) is 2.58. The maximum Gasteiger partial charge on any atom is 0.159 e. The molecule has 1 aromatic rings. The maximum atomic E-state index is 13.0. The van der Waals surface area contributed by atoms with Gasteiger partial charge in [0.1, 0.15) is 0 Å². The molecule has 19 heavy (non-hydrogen) atoms. The minimum absolute atomic E-state index is 0.255. The highest BCUT2D eigenvalue weighted by atomic mass is 19.2. The summed E-state index contributed by atoms with van der Waals surface area (Å²) in [7, 11) is 0. The van der Waals surface area contributed by atoms with Gasteiger partial charge in [0, 0.05) is 5.54 Å². The van der Waals surface area contributed by atoms with Gasteiger partial charge in [0.05, 0.1) is 13.2 Å². The molecule has 0 heterocycles. The molecule has 2 N–H and O–H groups in total. The van der Waals surface area contributed by atoms with Crippen LogP contribution in [0.4, 0.5) is 8.78 Å². The molecule has 0 aliphatic heterocycles. The first-order valence-electron chi connectivity index (χ1n) is 6.90. The van der Waals surface area contributed by atoms with Crippen molar-refractivity contribution >= 4 is 0 Å². The van der Waals surface area contributed by atoms with Crippen LogP contribution in [0.1, 0.15) is 44.1 Å². The summed E-state index contributed by atoms with van der Waals surface area (Å²) < 4.78 is 31.4. The first-order chi connectivity index (χ1) is 9.09. The maximum absolute atomic E-state index is 13.0. The smallest absolute Gasteiger partial charge is 0.159 e. The average Bonchev–Trinajstić information content (AvgIpc) is 2.59. The Balaban J connectivity index is 1.83. The standard InChI is InChI=1S/C15H21F2NO/c16-13-6-5-12(9-14(13)17)10-19-11-15(18)7-3-1-2-4-8-15/h5-6,9H,1-4,7-8,10-11,18H2. The Morgan fingerprint density at radius 3 is 2.37 bits per heavy atom. The van der Waals surface area contributed by atoms with Crippen molar-refractivity contribution in [2.75, 3.05) is 6.61 Å². The van der Waals surface area contributed by atoms with Crippen molar-refractivity contribution in [3.63, 3.8) is 0 Å². The largest absolute Gasteiger partial charge is 0.375 e. The third-order valence-corrected chi connectivity index (χ3v) is 3.74. The van der Waals surface area contributed by atoms with Gasteiger partial charge in [-0.2, -0.15) is 0 Å². The van der Waals surface area contributed by atoms with Crippen LogP contribution < -0.4 is 5.73 Å². The van der Waals surface area contributed by atoms with Crippen LogP contribution in [-0.2, 0) is 11.3 Å². The van der Waals surface area contributed by atoms with Gasteiger partial charge in [-0.25, -0.2) is 8.78 Å². The number of ether oxygens (including phenoxy) is 1. The summed E-state index contributed by atoms with van der Waals surface area (Å²) in [5.41, 5.74) is 6.70. The van der Waals surface area contributed by atoms with Crippen molar-refractivity contribution < 1.29 is 13.5 Å². The van der Waals surface area contributed by atoms with Gasteiger partial charge in [-0.05, 0) is 30.5 Å². The number of halogens is 2. The van der Waals surface area contributed by atoms with E-state index < -0.39 is 11.6 Å². The van der Waals surface area contributed by atoms with Crippen LogP contribution in [0.3, 0.4) is 0 Å². The molecular weight excluding hydrogens is 248 g/mol. The summed E-state index contributed by atoms with van der Waals surface area (Å²) in [6.45, 7) is 0.752. The summed E-state index contributed by atoms with van der Waals surface area (Å²) in [5.74, 6) is -1.67. The lowest BCUT2D eigenvalue weighted by molar-refractivity contribution is 0.0665. The average molecular weight is 269 g/mol. The van der Waals surface area contributed by atoms with E-state index in [1.165, 1.54) is 25.0 Å². The molecule has 0 atom stereocenters.